The van der Waals surface area contributed by atoms with Gasteiger partial charge in [0.25, 0.3) is 5.56 Å². The molecule has 1 fully saturated rings. The number of ether oxygens (including phenoxy) is 2. The third-order valence-electron chi connectivity index (χ3n) is 5.04. The van der Waals surface area contributed by atoms with Crippen molar-refractivity contribution in [1.29, 1.82) is 0 Å². The predicted octanol–water partition coefficient (Wildman–Crippen LogP) is 0.755. The third kappa shape index (κ3) is 6.13. The van der Waals surface area contributed by atoms with Crippen molar-refractivity contribution < 1.29 is 19.1 Å². The second kappa shape index (κ2) is 11.1. The Morgan fingerprint density at radius 1 is 1.30 bits per heavy atom. The van der Waals surface area contributed by atoms with Crippen molar-refractivity contribution >= 4 is 47.0 Å². The van der Waals surface area contributed by atoms with Crippen LogP contribution in [0.3, 0.4) is 0 Å². The quantitative estimate of drug-likeness (QED) is 0.525. The van der Waals surface area contributed by atoms with Crippen LogP contribution in [0.4, 0.5) is 0 Å². The number of halogens is 1. The highest BCUT2D eigenvalue weighted by molar-refractivity contribution is 7.07. The summed E-state index contributed by atoms with van der Waals surface area (Å²) in [5, 5.41) is 4.93. The third-order valence-corrected chi connectivity index (χ3v) is 6.50. The molecule has 2 aromatic heterocycles. The van der Waals surface area contributed by atoms with E-state index in [4.69, 9.17) is 21.1 Å². The fourth-order valence-electron chi connectivity index (χ4n) is 3.45. The van der Waals surface area contributed by atoms with E-state index >= 15 is 0 Å². The molecule has 0 saturated carbocycles. The number of carbonyl (C=O) groups is 2. The molecule has 9 nitrogen and oxygen atoms in total. The van der Waals surface area contributed by atoms with Crippen molar-refractivity contribution in [3.05, 3.63) is 36.0 Å². The molecule has 3 rings (SSSR count). The summed E-state index contributed by atoms with van der Waals surface area (Å²) >= 11 is 7.66. The second-order valence-corrected chi connectivity index (χ2v) is 9.52. The molecule has 0 spiro atoms. The summed E-state index contributed by atoms with van der Waals surface area (Å²) in [6, 6.07) is 0. The Hall–Kier alpha value is -2.43. The molecular formula is C22H29ClN4O5S. The first-order valence-corrected chi connectivity index (χ1v) is 12.1. The Balaban J connectivity index is 2.07. The van der Waals surface area contributed by atoms with Crippen LogP contribution in [0.25, 0.3) is 12.2 Å². The van der Waals surface area contributed by atoms with Crippen LogP contribution >= 0.6 is 22.9 Å². The number of hydrogen-bond acceptors (Lipinski definition) is 7. The number of esters is 1. The average molecular weight is 497 g/mol. The zero-order chi connectivity index (χ0) is 24.1. The van der Waals surface area contributed by atoms with Gasteiger partial charge in [0.15, 0.2) is 0 Å². The van der Waals surface area contributed by atoms with Gasteiger partial charge < -0.3 is 14.4 Å². The molecule has 180 valence electrons. The molecule has 1 aliphatic rings. The molecule has 0 bridgehead atoms. The predicted molar refractivity (Wildman–Crippen MR) is 127 cm³/mol. The van der Waals surface area contributed by atoms with E-state index in [1.54, 1.807) is 22.6 Å². The van der Waals surface area contributed by atoms with Crippen molar-refractivity contribution in [2.45, 2.75) is 40.8 Å². The van der Waals surface area contributed by atoms with Gasteiger partial charge in [-0.3, -0.25) is 18.8 Å². The fourth-order valence-corrected chi connectivity index (χ4v) is 4.77. The van der Waals surface area contributed by atoms with Crippen molar-refractivity contribution in [2.24, 2.45) is 5.92 Å². The normalized spacial score (nSPS) is 15.5. The summed E-state index contributed by atoms with van der Waals surface area (Å²) in [5.74, 6) is -0.426. The monoisotopic (exact) mass is 496 g/mol. The largest absolute Gasteiger partial charge is 0.463 e. The summed E-state index contributed by atoms with van der Waals surface area (Å²) < 4.78 is 14.0. The number of thiazole rings is 1. The first kappa shape index (κ1) is 25.2. The number of aromatic nitrogens is 3. The van der Waals surface area contributed by atoms with Crippen molar-refractivity contribution in [3.63, 3.8) is 0 Å². The van der Waals surface area contributed by atoms with E-state index in [0.717, 1.165) is 11.3 Å². The standard InChI is InChI=1S/C22H29ClN4O5S/c1-5-32-20(29)11-19-26(13-18(28)25-6-8-31-9-7-25)22(30)17(33-19)10-16-15(4)24-27(21(16)23)12-14(2)3/h10-11,14H,5-9,12-13H2,1-4H3/b17-10-,19-11-. The molecule has 1 saturated heterocycles. The number of aryl methyl sites for hydroxylation is 1. The van der Waals surface area contributed by atoms with Crippen LogP contribution in [0.5, 0.6) is 0 Å². The molecule has 0 atom stereocenters. The maximum Gasteiger partial charge on any atom is 0.333 e. The van der Waals surface area contributed by atoms with Gasteiger partial charge in [-0.2, -0.15) is 5.10 Å². The van der Waals surface area contributed by atoms with E-state index in [-0.39, 0.29) is 24.6 Å². The van der Waals surface area contributed by atoms with Crippen LogP contribution in [0.1, 0.15) is 32.0 Å². The number of carbonyl (C=O) groups excluding carboxylic acids is 2. The number of nitrogens with zero attached hydrogens (tertiary/aromatic N) is 4. The van der Waals surface area contributed by atoms with E-state index < -0.39 is 5.97 Å². The van der Waals surface area contributed by atoms with Crippen LogP contribution in [0, 0.1) is 12.8 Å². The number of morpholine rings is 1. The smallest absolute Gasteiger partial charge is 0.333 e. The Morgan fingerprint density at radius 3 is 2.64 bits per heavy atom. The van der Waals surface area contributed by atoms with Crippen LogP contribution in [0.15, 0.2) is 4.79 Å². The van der Waals surface area contributed by atoms with Gasteiger partial charge in [-0.25, -0.2) is 4.79 Å². The summed E-state index contributed by atoms with van der Waals surface area (Å²) in [6.45, 7) is 10.2. The number of rotatable bonds is 7. The zero-order valence-electron chi connectivity index (χ0n) is 19.3. The van der Waals surface area contributed by atoms with Gasteiger partial charge in [-0.1, -0.05) is 25.4 Å². The second-order valence-electron chi connectivity index (χ2n) is 8.10. The van der Waals surface area contributed by atoms with E-state index in [1.165, 1.54) is 10.6 Å². The molecule has 0 aromatic carbocycles. The van der Waals surface area contributed by atoms with Crippen LogP contribution < -0.4 is 14.8 Å². The topological polar surface area (TPSA) is 95.7 Å². The van der Waals surface area contributed by atoms with E-state index in [0.29, 0.717) is 64.4 Å². The molecule has 33 heavy (non-hydrogen) atoms. The van der Waals surface area contributed by atoms with Gasteiger partial charge in [0, 0.05) is 25.2 Å². The Bertz CT molecular complexity index is 1190. The molecule has 0 aliphatic carbocycles. The summed E-state index contributed by atoms with van der Waals surface area (Å²) in [6.07, 6.45) is 2.92. The van der Waals surface area contributed by atoms with Gasteiger partial charge in [0.05, 0.1) is 36.1 Å². The first-order chi connectivity index (χ1) is 15.7. The Morgan fingerprint density at radius 2 is 2.00 bits per heavy atom. The van der Waals surface area contributed by atoms with Crippen molar-refractivity contribution in [3.8, 4) is 0 Å². The molecule has 11 heteroatoms. The van der Waals surface area contributed by atoms with Gasteiger partial charge >= 0.3 is 5.97 Å². The molecule has 0 N–H and O–H groups in total. The highest BCUT2D eigenvalue weighted by atomic mass is 35.5. The van der Waals surface area contributed by atoms with Gasteiger partial charge in [-0.15, -0.1) is 11.3 Å². The molecule has 1 aliphatic heterocycles. The summed E-state index contributed by atoms with van der Waals surface area (Å²) in [5.41, 5.74) is 0.967. The van der Waals surface area contributed by atoms with Gasteiger partial charge in [-0.05, 0) is 25.8 Å². The lowest BCUT2D eigenvalue weighted by Crippen LogP contribution is -2.45. The minimum atomic E-state index is -0.572. The van der Waals surface area contributed by atoms with E-state index in [1.807, 2.05) is 6.92 Å². The highest BCUT2D eigenvalue weighted by Gasteiger charge is 2.20. The highest BCUT2D eigenvalue weighted by Crippen LogP contribution is 2.21. The van der Waals surface area contributed by atoms with Crippen molar-refractivity contribution in [1.82, 2.24) is 19.2 Å². The molecule has 3 heterocycles. The molecule has 2 aromatic rings. The maximum atomic E-state index is 13.3. The fraction of sp³-hybridized carbons (Fsp3) is 0.545. The van der Waals surface area contributed by atoms with Crippen LogP contribution in [-0.4, -0.2) is 64.0 Å². The minimum absolute atomic E-state index is 0.173. The Kier molecular flexibility index (Phi) is 8.50. The van der Waals surface area contributed by atoms with Gasteiger partial charge in [0.2, 0.25) is 5.91 Å². The first-order valence-electron chi connectivity index (χ1n) is 10.9. The minimum Gasteiger partial charge on any atom is -0.463 e. The lowest BCUT2D eigenvalue weighted by atomic mass is 10.2. The zero-order valence-corrected chi connectivity index (χ0v) is 20.9. The van der Waals surface area contributed by atoms with Crippen LogP contribution in [0.2, 0.25) is 5.15 Å². The van der Waals surface area contributed by atoms with Crippen LogP contribution in [-0.2, 0) is 32.2 Å². The summed E-state index contributed by atoms with van der Waals surface area (Å²) in [7, 11) is 0. The Labute approximate surface area is 200 Å². The SMILES string of the molecule is CCOC(=O)/C=c1\s/c(=C\c2c(C)nn(CC(C)C)c2Cl)c(=O)n1CC(=O)N1CCOCC1. The van der Waals surface area contributed by atoms with E-state index in [9.17, 15) is 14.4 Å². The number of amides is 1. The maximum absolute atomic E-state index is 13.3. The average Bonchev–Trinajstić information content (AvgIpc) is 3.19. The molecule has 0 radical (unpaired) electrons. The summed E-state index contributed by atoms with van der Waals surface area (Å²) in [4.78, 5) is 39.8. The lowest BCUT2D eigenvalue weighted by molar-refractivity contribution is -0.136. The molecular weight excluding hydrogens is 468 g/mol. The van der Waals surface area contributed by atoms with Crippen molar-refractivity contribution in [2.75, 3.05) is 32.9 Å². The number of hydrogen-bond donors (Lipinski definition) is 0. The molecule has 0 unspecified atom stereocenters. The van der Waals surface area contributed by atoms with E-state index in [2.05, 4.69) is 18.9 Å². The van der Waals surface area contributed by atoms with Gasteiger partial charge in [0.1, 0.15) is 16.4 Å². The lowest BCUT2D eigenvalue weighted by Gasteiger charge is -2.26. The molecule has 1 amide bonds.